The number of unbranched alkanes of at least 4 members (excludes halogenated alkanes) is 2. The zero-order valence-corrected chi connectivity index (χ0v) is 10.0. The van der Waals surface area contributed by atoms with E-state index in [1.165, 1.54) is 0 Å². The van der Waals surface area contributed by atoms with Crippen molar-refractivity contribution < 1.29 is 29.9 Å². The molecule has 0 bridgehead atoms. The van der Waals surface area contributed by atoms with Gasteiger partial charge < -0.3 is 29.9 Å². The Hall–Kier alpha value is -0.240. The van der Waals surface area contributed by atoms with E-state index in [2.05, 4.69) is 6.92 Å². The number of ether oxygens (including phenoxy) is 2. The van der Waals surface area contributed by atoms with Crippen LogP contribution in [0.3, 0.4) is 0 Å². The van der Waals surface area contributed by atoms with Crippen LogP contribution >= 0.6 is 0 Å². The Labute approximate surface area is 101 Å². The van der Waals surface area contributed by atoms with Gasteiger partial charge in [0.15, 0.2) is 6.29 Å². The van der Waals surface area contributed by atoms with Crippen LogP contribution in [-0.4, -0.2) is 64.3 Å². The summed E-state index contributed by atoms with van der Waals surface area (Å²) in [6.07, 6.45) is -3.37. The quantitative estimate of drug-likeness (QED) is 0.451. The summed E-state index contributed by atoms with van der Waals surface area (Å²) in [5, 5.41) is 37.6. The molecule has 0 radical (unpaired) electrons. The standard InChI is InChI=1S/C11H22O6/c1-2-3-4-5-16-6-7-8(12)9(13)10(14)11(15)17-7/h7-15H,2-6H2,1H3/t7-,8+,9+,10-,11+/m1/s1. The van der Waals surface area contributed by atoms with Crippen LogP contribution in [0.5, 0.6) is 0 Å². The highest BCUT2D eigenvalue weighted by Gasteiger charge is 2.42. The van der Waals surface area contributed by atoms with Gasteiger partial charge in [0, 0.05) is 6.61 Å². The number of aliphatic hydroxyl groups is 4. The van der Waals surface area contributed by atoms with Crippen LogP contribution < -0.4 is 0 Å². The second kappa shape index (κ2) is 7.25. The van der Waals surface area contributed by atoms with Crippen LogP contribution in [0, 0.1) is 0 Å². The van der Waals surface area contributed by atoms with Gasteiger partial charge in [-0.2, -0.15) is 0 Å². The molecule has 0 unspecified atom stereocenters. The van der Waals surface area contributed by atoms with Gasteiger partial charge in [-0.05, 0) is 6.42 Å². The molecule has 1 heterocycles. The van der Waals surface area contributed by atoms with E-state index in [1.54, 1.807) is 0 Å². The van der Waals surface area contributed by atoms with Crippen LogP contribution in [-0.2, 0) is 9.47 Å². The normalized spacial score (nSPS) is 38.3. The van der Waals surface area contributed by atoms with Crippen LogP contribution in [0.15, 0.2) is 0 Å². The summed E-state index contributed by atoms with van der Waals surface area (Å²) in [5.74, 6) is 0. The van der Waals surface area contributed by atoms with Crippen LogP contribution in [0.2, 0.25) is 0 Å². The molecule has 1 saturated heterocycles. The highest BCUT2D eigenvalue weighted by Crippen LogP contribution is 2.20. The lowest BCUT2D eigenvalue weighted by molar-refractivity contribution is -0.288. The number of hydrogen-bond acceptors (Lipinski definition) is 6. The minimum absolute atomic E-state index is 0.0890. The average molecular weight is 250 g/mol. The lowest BCUT2D eigenvalue weighted by Crippen LogP contribution is -2.58. The van der Waals surface area contributed by atoms with Crippen molar-refractivity contribution in [3.8, 4) is 0 Å². The van der Waals surface area contributed by atoms with Crippen molar-refractivity contribution in [3.05, 3.63) is 0 Å². The summed E-state index contributed by atoms with van der Waals surface area (Å²) >= 11 is 0. The summed E-state index contributed by atoms with van der Waals surface area (Å²) in [7, 11) is 0. The van der Waals surface area contributed by atoms with Crippen molar-refractivity contribution in [2.45, 2.75) is 56.9 Å². The van der Waals surface area contributed by atoms with Gasteiger partial charge in [0.2, 0.25) is 0 Å². The summed E-state index contributed by atoms with van der Waals surface area (Å²) < 4.78 is 10.2. The fraction of sp³-hybridized carbons (Fsp3) is 1.00. The molecule has 0 aromatic carbocycles. The fourth-order valence-corrected chi connectivity index (χ4v) is 1.72. The zero-order valence-electron chi connectivity index (χ0n) is 10.0. The summed E-state index contributed by atoms with van der Waals surface area (Å²) in [6.45, 7) is 2.73. The van der Waals surface area contributed by atoms with Gasteiger partial charge >= 0.3 is 0 Å². The summed E-state index contributed by atoms with van der Waals surface area (Å²) in [4.78, 5) is 0. The fourth-order valence-electron chi connectivity index (χ4n) is 1.72. The molecule has 4 N–H and O–H groups in total. The van der Waals surface area contributed by atoms with Crippen molar-refractivity contribution in [1.29, 1.82) is 0 Å². The Balaban J connectivity index is 2.28. The van der Waals surface area contributed by atoms with E-state index in [9.17, 15) is 20.4 Å². The summed E-state index contributed by atoms with van der Waals surface area (Å²) in [5.41, 5.74) is 0. The molecule has 102 valence electrons. The molecule has 0 saturated carbocycles. The van der Waals surface area contributed by atoms with E-state index >= 15 is 0 Å². The van der Waals surface area contributed by atoms with Crippen LogP contribution in [0.25, 0.3) is 0 Å². The third-order valence-corrected chi connectivity index (χ3v) is 2.86. The first-order chi connectivity index (χ1) is 8.07. The lowest BCUT2D eigenvalue weighted by Gasteiger charge is -2.38. The molecule has 0 amide bonds. The van der Waals surface area contributed by atoms with Crippen molar-refractivity contribution in [1.82, 2.24) is 0 Å². The van der Waals surface area contributed by atoms with E-state index in [0.717, 1.165) is 19.3 Å². The molecule has 0 spiro atoms. The molecule has 6 nitrogen and oxygen atoms in total. The van der Waals surface area contributed by atoms with Crippen molar-refractivity contribution in [2.75, 3.05) is 13.2 Å². The van der Waals surface area contributed by atoms with E-state index in [0.29, 0.717) is 6.61 Å². The molecule has 0 aromatic heterocycles. The molecule has 6 heteroatoms. The Morgan fingerprint density at radius 3 is 2.35 bits per heavy atom. The molecule has 0 aromatic rings. The molecule has 5 atom stereocenters. The second-order valence-electron chi connectivity index (χ2n) is 4.32. The zero-order chi connectivity index (χ0) is 12.8. The molecule has 0 aliphatic carbocycles. The Morgan fingerprint density at radius 1 is 1.00 bits per heavy atom. The number of hydrogen-bond donors (Lipinski definition) is 4. The first-order valence-corrected chi connectivity index (χ1v) is 6.03. The lowest BCUT2D eigenvalue weighted by atomic mass is 9.99. The van der Waals surface area contributed by atoms with Crippen molar-refractivity contribution in [3.63, 3.8) is 0 Å². The molecule has 1 rings (SSSR count). The van der Waals surface area contributed by atoms with E-state index < -0.39 is 30.7 Å². The van der Waals surface area contributed by atoms with Gasteiger partial charge in [-0.25, -0.2) is 0 Å². The number of aliphatic hydroxyl groups excluding tert-OH is 4. The second-order valence-corrected chi connectivity index (χ2v) is 4.32. The van der Waals surface area contributed by atoms with Gasteiger partial charge in [-0.1, -0.05) is 19.8 Å². The largest absolute Gasteiger partial charge is 0.387 e. The number of rotatable bonds is 6. The summed E-state index contributed by atoms with van der Waals surface area (Å²) in [6, 6.07) is 0. The van der Waals surface area contributed by atoms with E-state index in [-0.39, 0.29) is 6.61 Å². The molecule has 1 fully saturated rings. The van der Waals surface area contributed by atoms with Gasteiger partial charge in [-0.15, -0.1) is 0 Å². The predicted molar refractivity (Wildman–Crippen MR) is 59.2 cm³/mol. The van der Waals surface area contributed by atoms with E-state index in [4.69, 9.17) is 9.47 Å². The van der Waals surface area contributed by atoms with Gasteiger partial charge in [0.25, 0.3) is 0 Å². The third-order valence-electron chi connectivity index (χ3n) is 2.86. The SMILES string of the molecule is CCCCCOC[C@H]1O[C@H](O)[C@H](O)[C@@H](O)[C@H]1O. The highest BCUT2D eigenvalue weighted by molar-refractivity contribution is 4.88. The Kier molecular flexibility index (Phi) is 6.32. The Bertz CT molecular complexity index is 212. The maximum absolute atomic E-state index is 9.60. The molecular weight excluding hydrogens is 228 g/mol. The van der Waals surface area contributed by atoms with E-state index in [1.807, 2.05) is 0 Å². The smallest absolute Gasteiger partial charge is 0.184 e. The van der Waals surface area contributed by atoms with Crippen molar-refractivity contribution in [2.24, 2.45) is 0 Å². The maximum Gasteiger partial charge on any atom is 0.184 e. The molecule has 1 aliphatic rings. The van der Waals surface area contributed by atoms with Crippen LogP contribution in [0.4, 0.5) is 0 Å². The van der Waals surface area contributed by atoms with Crippen LogP contribution in [0.1, 0.15) is 26.2 Å². The van der Waals surface area contributed by atoms with Gasteiger partial charge in [0.05, 0.1) is 6.61 Å². The third kappa shape index (κ3) is 4.17. The van der Waals surface area contributed by atoms with Gasteiger partial charge in [0.1, 0.15) is 24.4 Å². The topological polar surface area (TPSA) is 99.4 Å². The molecule has 1 aliphatic heterocycles. The van der Waals surface area contributed by atoms with Crippen molar-refractivity contribution >= 4 is 0 Å². The Morgan fingerprint density at radius 2 is 1.71 bits per heavy atom. The monoisotopic (exact) mass is 250 g/mol. The minimum atomic E-state index is -1.49. The first-order valence-electron chi connectivity index (χ1n) is 6.03. The predicted octanol–water partition coefficient (Wildman–Crippen LogP) is -1.01. The highest BCUT2D eigenvalue weighted by atomic mass is 16.6. The first kappa shape index (κ1) is 14.8. The minimum Gasteiger partial charge on any atom is -0.387 e. The maximum atomic E-state index is 9.60. The average Bonchev–Trinajstić information content (AvgIpc) is 2.32. The van der Waals surface area contributed by atoms with Gasteiger partial charge in [-0.3, -0.25) is 0 Å². The molecular formula is C11H22O6. The molecule has 17 heavy (non-hydrogen) atoms.